The number of likely N-dealkylation sites (N-methyl/N-ethyl adjacent to an activating group) is 1. The van der Waals surface area contributed by atoms with Gasteiger partial charge in [-0.2, -0.15) is 0 Å². The van der Waals surface area contributed by atoms with E-state index < -0.39 is 35.0 Å². The third kappa shape index (κ3) is 3.19. The number of carbonyl (C=O) groups excluding carboxylic acids is 1. The van der Waals surface area contributed by atoms with Crippen molar-refractivity contribution in [1.82, 2.24) is 4.90 Å². The van der Waals surface area contributed by atoms with Crippen LogP contribution in [0, 0.1) is 11.6 Å². The summed E-state index contributed by atoms with van der Waals surface area (Å²) in [6.07, 6.45) is 0.427. The monoisotopic (exact) mass is 327 g/mol. The van der Waals surface area contributed by atoms with Gasteiger partial charge in [0.25, 0.3) is 0 Å². The van der Waals surface area contributed by atoms with Crippen molar-refractivity contribution in [3.8, 4) is 0 Å². The summed E-state index contributed by atoms with van der Waals surface area (Å²) < 4.78 is 32.8. The molecule has 1 saturated heterocycles. The first kappa shape index (κ1) is 17.3. The lowest BCUT2D eigenvalue weighted by Crippen LogP contribution is -2.53. The number of benzene rings is 1. The molecule has 1 amide bonds. The number of ether oxygens (including phenoxy) is 1. The van der Waals surface area contributed by atoms with E-state index >= 15 is 0 Å². The van der Waals surface area contributed by atoms with Gasteiger partial charge in [0, 0.05) is 31.9 Å². The summed E-state index contributed by atoms with van der Waals surface area (Å²) >= 11 is 0. The molecule has 1 aliphatic heterocycles. The van der Waals surface area contributed by atoms with Crippen LogP contribution in [0.15, 0.2) is 18.2 Å². The SMILES string of the molecule is CC(C(=O)O)N(C)C(=O)C1(c2ccc(F)cc2F)CCOCC1. The fraction of sp³-hybridized carbons (Fsp3) is 0.500. The molecule has 126 valence electrons. The molecule has 0 bridgehead atoms. The molecule has 0 spiro atoms. The van der Waals surface area contributed by atoms with Crippen LogP contribution in [0.25, 0.3) is 0 Å². The van der Waals surface area contributed by atoms with Gasteiger partial charge in [0.15, 0.2) is 0 Å². The van der Waals surface area contributed by atoms with Gasteiger partial charge in [0.05, 0.1) is 5.41 Å². The highest BCUT2D eigenvalue weighted by Crippen LogP contribution is 2.38. The van der Waals surface area contributed by atoms with Gasteiger partial charge in [-0.1, -0.05) is 6.07 Å². The molecule has 2 rings (SSSR count). The standard InChI is InChI=1S/C16H19F2NO4/c1-10(14(20)21)19(2)15(22)16(5-7-23-8-6-16)12-4-3-11(17)9-13(12)18/h3-4,9-10H,5-8H2,1-2H3,(H,20,21). The van der Waals surface area contributed by atoms with E-state index in [0.717, 1.165) is 17.0 Å². The molecule has 5 nitrogen and oxygen atoms in total. The van der Waals surface area contributed by atoms with E-state index in [0.29, 0.717) is 0 Å². The maximum absolute atomic E-state index is 14.3. The second-order valence-corrected chi connectivity index (χ2v) is 5.75. The smallest absolute Gasteiger partial charge is 0.326 e. The van der Waals surface area contributed by atoms with Crippen LogP contribution in [0.2, 0.25) is 0 Å². The van der Waals surface area contributed by atoms with Crippen molar-refractivity contribution in [2.45, 2.75) is 31.2 Å². The summed E-state index contributed by atoms with van der Waals surface area (Å²) in [5.41, 5.74) is -1.16. The van der Waals surface area contributed by atoms with Crippen molar-refractivity contribution < 1.29 is 28.2 Å². The Balaban J connectivity index is 2.47. The van der Waals surface area contributed by atoms with Crippen LogP contribution >= 0.6 is 0 Å². The van der Waals surface area contributed by atoms with Crippen molar-refractivity contribution in [2.75, 3.05) is 20.3 Å². The van der Waals surface area contributed by atoms with Crippen molar-refractivity contribution in [3.63, 3.8) is 0 Å². The fourth-order valence-electron chi connectivity index (χ4n) is 2.87. The fourth-order valence-corrected chi connectivity index (χ4v) is 2.87. The largest absolute Gasteiger partial charge is 0.480 e. The lowest BCUT2D eigenvalue weighted by atomic mass is 9.72. The molecule has 1 aromatic carbocycles. The summed E-state index contributed by atoms with van der Waals surface area (Å²) in [6, 6.07) is 2.04. The molecule has 1 fully saturated rings. The van der Waals surface area contributed by atoms with Crippen LogP contribution < -0.4 is 0 Å². The minimum absolute atomic E-state index is 0.0802. The number of carbonyl (C=O) groups is 2. The Morgan fingerprint density at radius 3 is 2.43 bits per heavy atom. The maximum Gasteiger partial charge on any atom is 0.326 e. The topological polar surface area (TPSA) is 66.8 Å². The Kier molecular flexibility index (Phi) is 4.99. The molecule has 23 heavy (non-hydrogen) atoms. The van der Waals surface area contributed by atoms with Gasteiger partial charge in [0.1, 0.15) is 17.7 Å². The van der Waals surface area contributed by atoms with Crippen molar-refractivity contribution in [3.05, 3.63) is 35.4 Å². The van der Waals surface area contributed by atoms with Crippen LogP contribution in [0.3, 0.4) is 0 Å². The second kappa shape index (κ2) is 6.62. The zero-order valence-electron chi connectivity index (χ0n) is 13.0. The van der Waals surface area contributed by atoms with Gasteiger partial charge in [-0.3, -0.25) is 4.79 Å². The first-order chi connectivity index (χ1) is 10.8. The molecule has 1 aliphatic rings. The number of hydrogen-bond donors (Lipinski definition) is 1. The number of carboxylic acid groups (broad SMARTS) is 1. The summed E-state index contributed by atoms with van der Waals surface area (Å²) in [5.74, 6) is -3.19. The highest BCUT2D eigenvalue weighted by atomic mass is 19.1. The van der Waals surface area contributed by atoms with E-state index in [4.69, 9.17) is 9.84 Å². The highest BCUT2D eigenvalue weighted by Gasteiger charge is 2.46. The molecule has 1 atom stereocenters. The number of carboxylic acids is 1. The van der Waals surface area contributed by atoms with Gasteiger partial charge in [-0.15, -0.1) is 0 Å². The first-order valence-corrected chi connectivity index (χ1v) is 7.33. The lowest BCUT2D eigenvalue weighted by Gasteiger charge is -2.40. The molecule has 1 heterocycles. The number of hydrogen-bond acceptors (Lipinski definition) is 3. The molecule has 0 aromatic heterocycles. The highest BCUT2D eigenvalue weighted by molar-refractivity contribution is 5.91. The van der Waals surface area contributed by atoms with E-state index in [1.807, 2.05) is 0 Å². The Morgan fingerprint density at radius 2 is 1.91 bits per heavy atom. The predicted octanol–water partition coefficient (Wildman–Crippen LogP) is 1.94. The van der Waals surface area contributed by atoms with Crippen molar-refractivity contribution >= 4 is 11.9 Å². The number of amides is 1. The van der Waals surface area contributed by atoms with Crippen molar-refractivity contribution in [2.24, 2.45) is 0 Å². The number of halogens is 2. The van der Waals surface area contributed by atoms with Gasteiger partial charge in [-0.25, -0.2) is 13.6 Å². The molecular formula is C16H19F2NO4. The Labute approximate surface area is 132 Å². The van der Waals surface area contributed by atoms with Gasteiger partial charge < -0.3 is 14.7 Å². The summed E-state index contributed by atoms with van der Waals surface area (Å²) in [4.78, 5) is 25.2. The van der Waals surface area contributed by atoms with Crippen molar-refractivity contribution in [1.29, 1.82) is 0 Å². The van der Waals surface area contributed by atoms with E-state index in [1.54, 1.807) is 0 Å². The Hall–Kier alpha value is -2.02. The lowest BCUT2D eigenvalue weighted by molar-refractivity contribution is -0.152. The van der Waals surface area contributed by atoms with Crippen LogP contribution in [-0.2, 0) is 19.7 Å². The Bertz CT molecular complexity index is 614. The second-order valence-electron chi connectivity index (χ2n) is 5.75. The Morgan fingerprint density at radius 1 is 1.30 bits per heavy atom. The van der Waals surface area contributed by atoms with E-state index in [-0.39, 0.29) is 31.6 Å². The normalized spacial score (nSPS) is 18.3. The summed E-state index contributed by atoms with van der Waals surface area (Å²) in [6.45, 7) is 1.88. The van der Waals surface area contributed by atoms with Crippen LogP contribution in [0.5, 0.6) is 0 Å². The zero-order chi connectivity index (χ0) is 17.2. The molecule has 0 saturated carbocycles. The van der Waals surface area contributed by atoms with Crippen LogP contribution in [-0.4, -0.2) is 48.2 Å². The van der Waals surface area contributed by atoms with E-state index in [2.05, 4.69) is 0 Å². The molecule has 0 aliphatic carbocycles. The first-order valence-electron chi connectivity index (χ1n) is 7.33. The molecule has 1 N–H and O–H groups in total. The molecule has 0 radical (unpaired) electrons. The average Bonchev–Trinajstić information content (AvgIpc) is 2.53. The molecule has 1 aromatic rings. The van der Waals surface area contributed by atoms with E-state index in [9.17, 15) is 18.4 Å². The molecule has 1 unspecified atom stereocenters. The molecular weight excluding hydrogens is 308 g/mol. The average molecular weight is 327 g/mol. The number of aliphatic carboxylic acids is 1. The summed E-state index contributed by atoms with van der Waals surface area (Å²) in [5, 5.41) is 9.10. The minimum Gasteiger partial charge on any atom is -0.480 e. The third-order valence-electron chi connectivity index (χ3n) is 4.46. The van der Waals surface area contributed by atoms with Crippen LogP contribution in [0.4, 0.5) is 8.78 Å². The number of nitrogens with zero attached hydrogens (tertiary/aromatic N) is 1. The quantitative estimate of drug-likeness (QED) is 0.918. The third-order valence-corrected chi connectivity index (χ3v) is 4.46. The molecule has 7 heteroatoms. The number of rotatable bonds is 4. The zero-order valence-corrected chi connectivity index (χ0v) is 13.0. The van der Waals surface area contributed by atoms with Gasteiger partial charge in [-0.05, 0) is 25.8 Å². The maximum atomic E-state index is 14.3. The van der Waals surface area contributed by atoms with Crippen LogP contribution in [0.1, 0.15) is 25.3 Å². The summed E-state index contributed by atoms with van der Waals surface area (Å²) in [7, 11) is 1.37. The van der Waals surface area contributed by atoms with Gasteiger partial charge in [0.2, 0.25) is 5.91 Å². The van der Waals surface area contributed by atoms with Gasteiger partial charge >= 0.3 is 5.97 Å². The predicted molar refractivity (Wildman–Crippen MR) is 78.0 cm³/mol. The van der Waals surface area contributed by atoms with E-state index in [1.165, 1.54) is 20.0 Å². The minimum atomic E-state index is -1.24.